The third kappa shape index (κ3) is 9.95. The zero-order valence-electron chi connectivity index (χ0n) is 18.5. The molecule has 0 bridgehead atoms. The molecular weight excluding hydrogens is 455 g/mol. The second-order valence-corrected chi connectivity index (χ2v) is 7.46. The summed E-state index contributed by atoms with van der Waals surface area (Å²) in [5, 5.41) is 0. The van der Waals surface area contributed by atoms with Crippen molar-refractivity contribution in [1.82, 2.24) is 0 Å². The van der Waals surface area contributed by atoms with Crippen LogP contribution in [0.25, 0.3) is 0 Å². The normalized spacial score (nSPS) is 11.2. The van der Waals surface area contributed by atoms with Gasteiger partial charge in [0.25, 0.3) is 0 Å². The number of esters is 1. The Morgan fingerprint density at radius 3 is 1.61 bits per heavy atom. The molecule has 1 aromatic rings. The lowest BCUT2D eigenvalue weighted by atomic mass is 10.1. The third-order valence-corrected chi connectivity index (χ3v) is 4.46. The zero-order chi connectivity index (χ0) is 25.0. The molecule has 6 nitrogen and oxygen atoms in total. The van der Waals surface area contributed by atoms with Crippen molar-refractivity contribution < 1.29 is 50.5 Å². The summed E-state index contributed by atoms with van der Waals surface area (Å²) in [6.07, 6.45) is 1.30. The van der Waals surface area contributed by atoms with Crippen LogP contribution in [0.4, 0.5) is 22.0 Å². The highest BCUT2D eigenvalue weighted by Gasteiger charge is 2.28. The Balaban J connectivity index is 2.14. The molecule has 0 aromatic heterocycles. The maximum absolute atomic E-state index is 13.5. The van der Waals surface area contributed by atoms with E-state index in [4.69, 9.17) is 9.47 Å². The first-order valence-electron chi connectivity index (χ1n) is 10.5. The lowest BCUT2D eigenvalue weighted by molar-refractivity contribution is -0.136. The van der Waals surface area contributed by atoms with Gasteiger partial charge in [-0.2, -0.15) is 8.78 Å². The number of ether oxygens (including phenoxy) is 3. The summed E-state index contributed by atoms with van der Waals surface area (Å²) in [7, 11) is 0. The van der Waals surface area contributed by atoms with Crippen molar-refractivity contribution >= 4 is 17.5 Å². The minimum absolute atomic E-state index is 0.00817. The molecule has 1 rings (SSSR count). The molecule has 0 saturated carbocycles. The Morgan fingerprint density at radius 2 is 1.12 bits per heavy atom. The molecule has 186 valence electrons. The third-order valence-electron chi connectivity index (χ3n) is 4.46. The summed E-state index contributed by atoms with van der Waals surface area (Å²) >= 11 is 0. The van der Waals surface area contributed by atoms with Gasteiger partial charge in [0, 0.05) is 38.4 Å². The van der Waals surface area contributed by atoms with Crippen LogP contribution in [-0.4, -0.2) is 44.0 Å². The first-order valence-corrected chi connectivity index (χ1v) is 10.5. The van der Waals surface area contributed by atoms with Crippen molar-refractivity contribution in [3.63, 3.8) is 0 Å². The van der Waals surface area contributed by atoms with Gasteiger partial charge >= 0.3 is 5.97 Å². The summed E-state index contributed by atoms with van der Waals surface area (Å²) in [6.45, 7) is 4.22. The highest BCUT2D eigenvalue weighted by molar-refractivity contribution is 5.80. The molecule has 0 aliphatic heterocycles. The van der Waals surface area contributed by atoms with Crippen LogP contribution in [0.15, 0.2) is 0 Å². The number of ketones is 2. The van der Waals surface area contributed by atoms with Crippen LogP contribution in [-0.2, 0) is 23.9 Å². The Hall–Kier alpha value is -2.40. The predicted molar refractivity (Wildman–Crippen MR) is 106 cm³/mol. The number of hydrogen-bond donors (Lipinski definition) is 0. The molecule has 33 heavy (non-hydrogen) atoms. The lowest BCUT2D eigenvalue weighted by Crippen LogP contribution is -2.15. The van der Waals surface area contributed by atoms with Crippen LogP contribution in [0, 0.1) is 35.0 Å². The molecule has 0 aliphatic carbocycles. The minimum atomic E-state index is -2.35. The van der Waals surface area contributed by atoms with Crippen molar-refractivity contribution in [2.75, 3.05) is 26.4 Å². The number of rotatable bonds is 16. The van der Waals surface area contributed by atoms with E-state index in [0.29, 0.717) is 38.9 Å². The first kappa shape index (κ1) is 28.6. The van der Waals surface area contributed by atoms with E-state index in [1.165, 1.54) is 0 Å². The fourth-order valence-electron chi connectivity index (χ4n) is 2.53. The van der Waals surface area contributed by atoms with E-state index in [-0.39, 0.29) is 37.1 Å². The lowest BCUT2D eigenvalue weighted by Gasteiger charge is -2.09. The molecule has 0 spiro atoms. The van der Waals surface area contributed by atoms with Crippen LogP contribution in [0.5, 0.6) is 5.75 Å². The molecule has 0 unspecified atom stereocenters. The van der Waals surface area contributed by atoms with Gasteiger partial charge in [-0.25, -0.2) is 13.2 Å². The van der Waals surface area contributed by atoms with Gasteiger partial charge in [0.2, 0.25) is 34.8 Å². The fraction of sp³-hybridized carbons (Fsp3) is 0.591. The number of carbonyl (C=O) groups is 3. The van der Waals surface area contributed by atoms with E-state index in [9.17, 15) is 36.3 Å². The molecule has 11 heteroatoms. The van der Waals surface area contributed by atoms with Gasteiger partial charge in [-0.05, 0) is 12.8 Å². The van der Waals surface area contributed by atoms with Gasteiger partial charge in [-0.3, -0.25) is 14.4 Å². The summed E-state index contributed by atoms with van der Waals surface area (Å²) < 4.78 is 80.7. The second-order valence-electron chi connectivity index (χ2n) is 7.46. The van der Waals surface area contributed by atoms with E-state index < -0.39 is 47.2 Å². The standard InChI is InChI=1S/C22H27F5O6/c1-13(2)15(29)7-11-31-9-3-5-14(28)6-4-10-32-12-8-16(30)33-22-20(26)18(24)17(23)19(25)21(22)27/h13H,3-12H2,1-2H3. The van der Waals surface area contributed by atoms with Crippen molar-refractivity contribution in [2.45, 2.75) is 52.4 Å². The molecule has 0 heterocycles. The Bertz CT molecular complexity index is 799. The SMILES string of the molecule is CC(C)C(=O)CCOCCCC(=O)CCCOCCC(=O)Oc1c(F)c(F)c(F)c(F)c1F. The summed E-state index contributed by atoms with van der Waals surface area (Å²) in [4.78, 5) is 34.7. The van der Waals surface area contributed by atoms with E-state index in [1.807, 2.05) is 13.8 Å². The predicted octanol–water partition coefficient (Wildman–Crippen LogP) is 4.46. The second kappa shape index (κ2) is 14.7. The number of carbonyl (C=O) groups excluding carboxylic acids is 3. The van der Waals surface area contributed by atoms with Crippen molar-refractivity contribution in [1.29, 1.82) is 0 Å². The molecule has 0 N–H and O–H groups in total. The van der Waals surface area contributed by atoms with Gasteiger partial charge in [-0.1, -0.05) is 13.8 Å². The first-order chi connectivity index (χ1) is 15.6. The van der Waals surface area contributed by atoms with Crippen molar-refractivity contribution in [3.8, 4) is 5.75 Å². The summed E-state index contributed by atoms with van der Waals surface area (Å²) in [5.74, 6) is -14.1. The van der Waals surface area contributed by atoms with Gasteiger partial charge in [0.05, 0.1) is 19.6 Å². The van der Waals surface area contributed by atoms with E-state index in [0.717, 1.165) is 0 Å². The maximum Gasteiger partial charge on any atom is 0.313 e. The monoisotopic (exact) mass is 482 g/mol. The van der Waals surface area contributed by atoms with Gasteiger partial charge in [0.15, 0.2) is 0 Å². The van der Waals surface area contributed by atoms with Crippen LogP contribution in [0.2, 0.25) is 0 Å². The maximum atomic E-state index is 13.5. The molecular formula is C22H27F5O6. The molecule has 0 aliphatic rings. The van der Waals surface area contributed by atoms with Crippen molar-refractivity contribution in [2.24, 2.45) is 5.92 Å². The van der Waals surface area contributed by atoms with Gasteiger partial charge in [0.1, 0.15) is 11.6 Å². The largest absolute Gasteiger partial charge is 0.420 e. The number of hydrogen-bond acceptors (Lipinski definition) is 6. The Kier molecular flexibility index (Phi) is 12.7. The number of halogens is 5. The smallest absolute Gasteiger partial charge is 0.313 e. The molecule has 0 fully saturated rings. The zero-order valence-corrected chi connectivity index (χ0v) is 18.5. The Labute approximate surface area is 188 Å². The topological polar surface area (TPSA) is 78.9 Å². The van der Waals surface area contributed by atoms with Crippen LogP contribution in [0.1, 0.15) is 52.4 Å². The summed E-state index contributed by atoms with van der Waals surface area (Å²) in [6, 6.07) is 0. The van der Waals surface area contributed by atoms with E-state index >= 15 is 0 Å². The van der Waals surface area contributed by atoms with E-state index in [1.54, 1.807) is 0 Å². The van der Waals surface area contributed by atoms with Gasteiger partial charge in [-0.15, -0.1) is 0 Å². The summed E-state index contributed by atoms with van der Waals surface area (Å²) in [5.41, 5.74) is 0. The van der Waals surface area contributed by atoms with E-state index in [2.05, 4.69) is 4.74 Å². The van der Waals surface area contributed by atoms with Crippen LogP contribution < -0.4 is 4.74 Å². The molecule has 0 atom stereocenters. The van der Waals surface area contributed by atoms with Crippen LogP contribution in [0.3, 0.4) is 0 Å². The molecule has 1 aromatic carbocycles. The fourth-order valence-corrected chi connectivity index (χ4v) is 2.53. The highest BCUT2D eigenvalue weighted by Crippen LogP contribution is 2.29. The molecule has 0 saturated heterocycles. The van der Waals surface area contributed by atoms with Gasteiger partial charge < -0.3 is 14.2 Å². The average molecular weight is 482 g/mol. The number of Topliss-reactive ketones (excluding diaryl/α,β-unsaturated/α-hetero) is 2. The average Bonchev–Trinajstić information content (AvgIpc) is 2.78. The minimum Gasteiger partial charge on any atom is -0.420 e. The molecule has 0 radical (unpaired) electrons. The number of benzene rings is 1. The van der Waals surface area contributed by atoms with Crippen molar-refractivity contribution in [3.05, 3.63) is 29.1 Å². The van der Waals surface area contributed by atoms with Crippen LogP contribution >= 0.6 is 0 Å². The quantitative estimate of drug-likeness (QED) is 0.0865. The highest BCUT2D eigenvalue weighted by atomic mass is 19.2. The molecule has 0 amide bonds. The Morgan fingerprint density at radius 1 is 0.667 bits per heavy atom.